The molecule has 1 aromatic rings. The number of fused-ring (bicyclic) bond motifs is 1. The van der Waals surface area contributed by atoms with Crippen LogP contribution in [-0.4, -0.2) is 37.2 Å². The number of benzene rings is 1. The van der Waals surface area contributed by atoms with Crippen molar-refractivity contribution in [2.45, 2.75) is 13.0 Å². The van der Waals surface area contributed by atoms with Gasteiger partial charge in [-0.15, -0.1) is 0 Å². The summed E-state index contributed by atoms with van der Waals surface area (Å²) in [5.74, 6) is -0.165. The molecule has 2 aliphatic rings. The molecule has 0 spiro atoms. The number of hydrogen-bond acceptors (Lipinski definition) is 8. The van der Waals surface area contributed by atoms with E-state index in [1.807, 2.05) is 43.3 Å². The van der Waals surface area contributed by atoms with Gasteiger partial charge in [-0.05, 0) is 36.4 Å². The van der Waals surface area contributed by atoms with Crippen LogP contribution in [0, 0.1) is 11.3 Å². The van der Waals surface area contributed by atoms with Crippen LogP contribution in [0.15, 0.2) is 51.3 Å². The number of rotatable bonds is 3. The number of thioether (sulfide) groups is 1. The first-order valence-corrected chi connectivity index (χ1v) is 8.72. The first-order valence-electron chi connectivity index (χ1n) is 7.91. The molecule has 0 saturated carbocycles. The van der Waals surface area contributed by atoms with E-state index in [0.29, 0.717) is 27.2 Å². The Morgan fingerprint density at radius 1 is 1.38 bits per heavy atom. The lowest BCUT2D eigenvalue weighted by atomic mass is 9.94. The molecular weight excluding hydrogens is 350 g/mol. The molecule has 0 aromatic heterocycles. The Hall–Kier alpha value is -2.92. The van der Waals surface area contributed by atoms with E-state index in [1.165, 1.54) is 18.9 Å². The van der Waals surface area contributed by atoms with Gasteiger partial charge in [0.1, 0.15) is 16.8 Å². The van der Waals surface area contributed by atoms with Crippen LogP contribution >= 0.6 is 11.8 Å². The van der Waals surface area contributed by atoms with Gasteiger partial charge in [-0.1, -0.05) is 12.1 Å². The van der Waals surface area contributed by atoms with Gasteiger partial charge in [-0.3, -0.25) is 4.90 Å². The Balaban J connectivity index is 2.16. The fourth-order valence-electron chi connectivity index (χ4n) is 2.98. The van der Waals surface area contributed by atoms with Crippen LogP contribution in [0.5, 0.6) is 0 Å². The number of nitriles is 1. The number of anilines is 1. The van der Waals surface area contributed by atoms with Gasteiger partial charge in [0.15, 0.2) is 5.17 Å². The van der Waals surface area contributed by atoms with Crippen molar-refractivity contribution >= 4 is 28.6 Å². The molecule has 2 N–H and O–H groups in total. The Kier molecular flexibility index (Phi) is 4.66. The molecule has 8 heteroatoms. The second-order valence-corrected chi connectivity index (χ2v) is 7.05. The number of hydrogen-bond donors (Lipinski definition) is 1. The average molecular weight is 369 g/mol. The molecule has 134 valence electrons. The van der Waals surface area contributed by atoms with E-state index in [-0.39, 0.29) is 0 Å². The number of esters is 1. The van der Waals surface area contributed by atoms with Crippen molar-refractivity contribution < 1.29 is 9.53 Å². The SMILES string of the molecule is COC(=O)C1=C(C)N=C2SC(C#N)=C(N)N2[C@@H]1c1ccc(N(C)C)cc1. The number of aliphatic imine (C=N–C) groups is 1. The van der Waals surface area contributed by atoms with E-state index < -0.39 is 12.0 Å². The highest BCUT2D eigenvalue weighted by Crippen LogP contribution is 2.45. The topological polar surface area (TPSA) is 94.9 Å². The molecular formula is C18H19N5O2S. The predicted octanol–water partition coefficient (Wildman–Crippen LogP) is 2.31. The van der Waals surface area contributed by atoms with E-state index >= 15 is 0 Å². The third-order valence-electron chi connectivity index (χ3n) is 4.31. The summed E-state index contributed by atoms with van der Waals surface area (Å²) in [6.07, 6.45) is 0. The summed E-state index contributed by atoms with van der Waals surface area (Å²) in [7, 11) is 5.26. The average Bonchev–Trinajstić information content (AvgIpc) is 2.95. The summed E-state index contributed by atoms with van der Waals surface area (Å²) in [5.41, 5.74) is 9.07. The lowest BCUT2D eigenvalue weighted by Crippen LogP contribution is -2.38. The van der Waals surface area contributed by atoms with Crippen molar-refractivity contribution in [3.63, 3.8) is 0 Å². The Labute approximate surface area is 156 Å². The van der Waals surface area contributed by atoms with Crippen molar-refractivity contribution in [1.29, 1.82) is 5.26 Å². The molecule has 1 atom stereocenters. The number of nitrogens with two attached hydrogens (primary N) is 1. The van der Waals surface area contributed by atoms with Crippen molar-refractivity contribution in [2.75, 3.05) is 26.1 Å². The number of ether oxygens (including phenoxy) is 1. The largest absolute Gasteiger partial charge is 0.466 e. The molecule has 2 aliphatic heterocycles. The minimum Gasteiger partial charge on any atom is -0.466 e. The monoisotopic (exact) mass is 369 g/mol. The number of methoxy groups -OCH3 is 1. The summed E-state index contributed by atoms with van der Waals surface area (Å²) in [5, 5.41) is 9.91. The summed E-state index contributed by atoms with van der Waals surface area (Å²) >= 11 is 1.21. The highest BCUT2D eigenvalue weighted by molar-refractivity contribution is 8.17. The summed E-state index contributed by atoms with van der Waals surface area (Å²) in [6.45, 7) is 1.76. The molecule has 3 rings (SSSR count). The zero-order valence-corrected chi connectivity index (χ0v) is 15.8. The molecule has 2 heterocycles. The third kappa shape index (κ3) is 2.80. The summed E-state index contributed by atoms with van der Waals surface area (Å²) in [4.78, 5) is 21.0. The van der Waals surface area contributed by atoms with Crippen molar-refractivity contribution in [2.24, 2.45) is 10.7 Å². The number of amidine groups is 1. The van der Waals surface area contributed by atoms with Gasteiger partial charge in [-0.2, -0.15) is 5.26 Å². The number of carbonyl (C=O) groups is 1. The third-order valence-corrected chi connectivity index (χ3v) is 5.28. The Bertz CT molecular complexity index is 893. The maximum absolute atomic E-state index is 12.5. The molecule has 0 bridgehead atoms. The number of nitrogens with zero attached hydrogens (tertiary/aromatic N) is 4. The van der Waals surface area contributed by atoms with Crippen LogP contribution < -0.4 is 10.6 Å². The number of carbonyl (C=O) groups excluding carboxylic acids is 1. The fourth-order valence-corrected chi connectivity index (χ4v) is 3.90. The lowest BCUT2D eigenvalue weighted by molar-refractivity contribution is -0.136. The number of allylic oxidation sites excluding steroid dienone is 2. The standard InChI is InChI=1S/C18H19N5O2S/c1-10-14(17(24)25-4)15(11-5-7-12(8-6-11)22(2)3)23-16(20)13(9-19)26-18(23)21-10/h5-8,15H,20H2,1-4H3/t15-/m1/s1. The van der Waals surface area contributed by atoms with Crippen LogP contribution in [0.2, 0.25) is 0 Å². The smallest absolute Gasteiger partial charge is 0.338 e. The lowest BCUT2D eigenvalue weighted by Gasteiger charge is -2.34. The van der Waals surface area contributed by atoms with Crippen LogP contribution in [0.1, 0.15) is 18.5 Å². The molecule has 0 radical (unpaired) electrons. The van der Waals surface area contributed by atoms with Crippen molar-refractivity contribution in [3.8, 4) is 6.07 Å². The zero-order valence-electron chi connectivity index (χ0n) is 15.0. The zero-order chi connectivity index (χ0) is 19.0. The van der Waals surface area contributed by atoms with E-state index in [9.17, 15) is 10.1 Å². The first kappa shape index (κ1) is 17.9. The highest BCUT2D eigenvalue weighted by atomic mass is 32.2. The van der Waals surface area contributed by atoms with Gasteiger partial charge in [0.25, 0.3) is 0 Å². The van der Waals surface area contributed by atoms with Gasteiger partial charge >= 0.3 is 5.97 Å². The molecule has 0 unspecified atom stereocenters. The van der Waals surface area contributed by atoms with Gasteiger partial charge in [0.05, 0.1) is 24.4 Å². The van der Waals surface area contributed by atoms with Crippen LogP contribution in [0.3, 0.4) is 0 Å². The molecule has 7 nitrogen and oxygen atoms in total. The maximum Gasteiger partial charge on any atom is 0.338 e. The molecule has 0 amide bonds. The minimum atomic E-state index is -0.496. The van der Waals surface area contributed by atoms with Crippen LogP contribution in [-0.2, 0) is 9.53 Å². The fraction of sp³-hybridized carbons (Fsp3) is 0.278. The minimum absolute atomic E-state index is 0.298. The molecule has 1 aromatic carbocycles. The van der Waals surface area contributed by atoms with Gasteiger partial charge < -0.3 is 15.4 Å². The Morgan fingerprint density at radius 3 is 2.58 bits per heavy atom. The first-order chi connectivity index (χ1) is 12.4. The molecule has 26 heavy (non-hydrogen) atoms. The van der Waals surface area contributed by atoms with Crippen LogP contribution in [0.25, 0.3) is 0 Å². The maximum atomic E-state index is 12.5. The van der Waals surface area contributed by atoms with E-state index in [0.717, 1.165) is 11.3 Å². The Morgan fingerprint density at radius 2 is 2.04 bits per heavy atom. The van der Waals surface area contributed by atoms with Gasteiger partial charge in [0.2, 0.25) is 0 Å². The van der Waals surface area contributed by atoms with Gasteiger partial charge in [-0.25, -0.2) is 9.79 Å². The van der Waals surface area contributed by atoms with E-state index in [1.54, 1.807) is 11.8 Å². The highest BCUT2D eigenvalue weighted by Gasteiger charge is 2.42. The summed E-state index contributed by atoms with van der Waals surface area (Å²) in [6, 6.07) is 9.43. The summed E-state index contributed by atoms with van der Waals surface area (Å²) < 4.78 is 4.98. The quantitative estimate of drug-likeness (QED) is 0.817. The second-order valence-electron chi connectivity index (χ2n) is 6.07. The molecule has 0 fully saturated rings. The normalized spacial score (nSPS) is 19.1. The van der Waals surface area contributed by atoms with Crippen LogP contribution in [0.4, 0.5) is 5.69 Å². The molecule has 0 aliphatic carbocycles. The second kappa shape index (κ2) is 6.77. The van der Waals surface area contributed by atoms with Gasteiger partial charge in [0, 0.05) is 19.8 Å². The predicted molar refractivity (Wildman–Crippen MR) is 102 cm³/mol. The molecule has 0 saturated heterocycles. The van der Waals surface area contributed by atoms with E-state index in [2.05, 4.69) is 11.1 Å². The van der Waals surface area contributed by atoms with Crippen molar-refractivity contribution in [1.82, 2.24) is 4.90 Å². The van der Waals surface area contributed by atoms with E-state index in [4.69, 9.17) is 10.5 Å². The van der Waals surface area contributed by atoms with Crippen molar-refractivity contribution in [3.05, 3.63) is 51.8 Å².